The number of aromatic nitrogens is 1. The lowest BCUT2D eigenvalue weighted by molar-refractivity contribution is -0.130. The van der Waals surface area contributed by atoms with Crippen molar-refractivity contribution < 1.29 is 18.3 Å². The Morgan fingerprint density at radius 3 is 2.89 bits per heavy atom. The van der Waals surface area contributed by atoms with Crippen molar-refractivity contribution in [2.45, 2.75) is 63.8 Å². The largest absolute Gasteiger partial charge is 0.381 e. The van der Waals surface area contributed by atoms with Crippen LogP contribution < -0.4 is 5.32 Å². The van der Waals surface area contributed by atoms with Crippen molar-refractivity contribution in [3.8, 4) is 0 Å². The van der Waals surface area contributed by atoms with Crippen LogP contribution in [0.3, 0.4) is 0 Å². The number of fused-ring (bicyclic) bond motifs is 1. The molecule has 1 aliphatic heterocycles. The normalized spacial score (nSPS) is 30.1. The first-order valence-electron chi connectivity index (χ1n) is 9.98. The number of nitrogens with zero attached hydrogens (tertiary/aromatic N) is 1. The average molecular weight is 388 g/mol. The SMILES string of the molecule is C[C@@H]1C[C@H](Nc2c(CC(=O)C3CC(C)(F)C3)cnc3ccc(F)cc23)CCO1. The summed E-state index contributed by atoms with van der Waals surface area (Å²) in [6, 6.07) is 4.68. The average Bonchev–Trinajstić information content (AvgIpc) is 2.61. The van der Waals surface area contributed by atoms with Crippen molar-refractivity contribution in [1.29, 1.82) is 0 Å². The highest BCUT2D eigenvalue weighted by Crippen LogP contribution is 2.42. The monoisotopic (exact) mass is 388 g/mol. The minimum absolute atomic E-state index is 0.0241. The van der Waals surface area contributed by atoms with Crippen molar-refractivity contribution in [1.82, 2.24) is 4.98 Å². The Morgan fingerprint density at radius 1 is 1.39 bits per heavy atom. The predicted octanol–water partition coefficient (Wildman–Crippen LogP) is 4.60. The number of carbonyl (C=O) groups excluding carboxylic acids is 1. The molecule has 1 aromatic heterocycles. The van der Waals surface area contributed by atoms with Gasteiger partial charge in [-0.3, -0.25) is 9.78 Å². The molecule has 1 saturated heterocycles. The number of alkyl halides is 1. The Kier molecular flexibility index (Phi) is 5.08. The number of nitrogens with one attached hydrogen (secondary N) is 1. The number of carbonyl (C=O) groups is 1. The molecule has 2 fully saturated rings. The molecule has 2 aromatic rings. The zero-order valence-corrected chi connectivity index (χ0v) is 16.3. The van der Waals surface area contributed by atoms with Gasteiger partial charge in [-0.1, -0.05) is 0 Å². The number of anilines is 1. The van der Waals surface area contributed by atoms with Crippen LogP contribution in [0.15, 0.2) is 24.4 Å². The van der Waals surface area contributed by atoms with Crippen LogP contribution in [-0.2, 0) is 16.0 Å². The van der Waals surface area contributed by atoms with Crippen LogP contribution >= 0.6 is 0 Å². The van der Waals surface area contributed by atoms with Crippen molar-refractivity contribution in [2.24, 2.45) is 5.92 Å². The minimum atomic E-state index is -1.23. The number of ketones is 1. The summed E-state index contributed by atoms with van der Waals surface area (Å²) in [6.07, 6.45) is 4.27. The molecule has 1 saturated carbocycles. The number of rotatable bonds is 5. The first-order chi connectivity index (χ1) is 13.3. The van der Waals surface area contributed by atoms with Gasteiger partial charge in [-0.05, 0) is 57.7 Å². The van der Waals surface area contributed by atoms with Gasteiger partial charge >= 0.3 is 0 Å². The molecule has 1 aliphatic carbocycles. The zero-order chi connectivity index (χ0) is 19.9. The number of benzene rings is 1. The van der Waals surface area contributed by atoms with Gasteiger partial charge in [0.1, 0.15) is 17.3 Å². The summed E-state index contributed by atoms with van der Waals surface area (Å²) in [7, 11) is 0. The summed E-state index contributed by atoms with van der Waals surface area (Å²) >= 11 is 0. The standard InChI is InChI=1S/C22H26F2N2O2/c1-13-7-17(5-6-28-13)26-21-14(8-20(27)15-10-22(2,24)11-15)12-25-19-4-3-16(23)9-18(19)21/h3-4,9,12-13,15,17H,5-8,10-11H2,1-2H3,(H,25,26)/t13-,15?,17-,22?/m1/s1. The van der Waals surface area contributed by atoms with Crippen LogP contribution in [0.4, 0.5) is 14.5 Å². The maximum absolute atomic E-state index is 13.9. The van der Waals surface area contributed by atoms with Gasteiger partial charge in [0.15, 0.2) is 0 Å². The molecule has 150 valence electrons. The van der Waals surface area contributed by atoms with Gasteiger partial charge in [-0.25, -0.2) is 8.78 Å². The molecule has 0 bridgehead atoms. The van der Waals surface area contributed by atoms with Gasteiger partial charge in [0.2, 0.25) is 0 Å². The van der Waals surface area contributed by atoms with Crippen LogP contribution in [-0.4, -0.2) is 35.2 Å². The zero-order valence-electron chi connectivity index (χ0n) is 16.3. The van der Waals surface area contributed by atoms with E-state index in [4.69, 9.17) is 4.74 Å². The van der Waals surface area contributed by atoms with Gasteiger partial charge in [0, 0.05) is 47.8 Å². The van der Waals surface area contributed by atoms with Gasteiger partial charge < -0.3 is 10.1 Å². The summed E-state index contributed by atoms with van der Waals surface area (Å²) < 4.78 is 33.4. The predicted molar refractivity (Wildman–Crippen MR) is 105 cm³/mol. The second-order valence-electron chi connectivity index (χ2n) is 8.53. The molecule has 0 amide bonds. The lowest BCUT2D eigenvalue weighted by Crippen LogP contribution is -2.41. The van der Waals surface area contributed by atoms with Crippen molar-refractivity contribution in [2.75, 3.05) is 11.9 Å². The van der Waals surface area contributed by atoms with Crippen LogP contribution in [0, 0.1) is 11.7 Å². The second-order valence-corrected chi connectivity index (χ2v) is 8.53. The van der Waals surface area contributed by atoms with Gasteiger partial charge in [0.05, 0.1) is 11.6 Å². The van der Waals surface area contributed by atoms with Crippen molar-refractivity contribution in [3.05, 3.63) is 35.8 Å². The van der Waals surface area contributed by atoms with E-state index in [9.17, 15) is 13.6 Å². The number of hydrogen-bond acceptors (Lipinski definition) is 4. The molecule has 2 atom stereocenters. The van der Waals surface area contributed by atoms with Crippen LogP contribution in [0.1, 0.15) is 45.1 Å². The summed E-state index contributed by atoms with van der Waals surface area (Å²) in [5.41, 5.74) is 0.957. The maximum Gasteiger partial charge on any atom is 0.140 e. The molecule has 0 unspecified atom stereocenters. The molecule has 0 spiro atoms. The van der Waals surface area contributed by atoms with E-state index in [1.807, 2.05) is 6.92 Å². The van der Waals surface area contributed by atoms with Crippen molar-refractivity contribution >= 4 is 22.4 Å². The molecule has 1 aromatic carbocycles. The van der Waals surface area contributed by atoms with Crippen LogP contribution in [0.25, 0.3) is 10.9 Å². The molecule has 1 N–H and O–H groups in total. The smallest absolute Gasteiger partial charge is 0.140 e. The molecular formula is C22H26F2N2O2. The van der Waals surface area contributed by atoms with E-state index in [-0.39, 0.29) is 48.9 Å². The highest BCUT2D eigenvalue weighted by atomic mass is 19.1. The molecule has 2 heterocycles. The summed E-state index contributed by atoms with van der Waals surface area (Å²) in [5.74, 6) is -0.557. The Hall–Kier alpha value is -2.08. The van der Waals surface area contributed by atoms with E-state index in [0.717, 1.165) is 24.1 Å². The van der Waals surface area contributed by atoms with E-state index in [2.05, 4.69) is 10.3 Å². The van der Waals surface area contributed by atoms with E-state index >= 15 is 0 Å². The van der Waals surface area contributed by atoms with Gasteiger partial charge in [-0.15, -0.1) is 0 Å². The Labute approximate surface area is 163 Å². The molecule has 4 nitrogen and oxygen atoms in total. The number of Topliss-reactive ketones (excluding diaryl/α,β-unsaturated/α-hetero) is 1. The highest BCUT2D eigenvalue weighted by Gasteiger charge is 2.44. The quantitative estimate of drug-likeness (QED) is 0.813. The van der Waals surface area contributed by atoms with E-state index in [1.165, 1.54) is 19.1 Å². The maximum atomic E-state index is 13.9. The van der Waals surface area contributed by atoms with E-state index < -0.39 is 5.67 Å². The first kappa shape index (κ1) is 19.2. The highest BCUT2D eigenvalue weighted by molar-refractivity contribution is 5.95. The Bertz CT molecular complexity index is 891. The topological polar surface area (TPSA) is 51.2 Å². The van der Waals surface area contributed by atoms with E-state index in [1.54, 1.807) is 12.3 Å². The molecular weight excluding hydrogens is 362 g/mol. The fourth-order valence-electron chi connectivity index (χ4n) is 4.37. The second kappa shape index (κ2) is 7.39. The summed E-state index contributed by atoms with van der Waals surface area (Å²) in [6.45, 7) is 4.24. The number of hydrogen-bond donors (Lipinski definition) is 1. The van der Waals surface area contributed by atoms with Crippen LogP contribution in [0.5, 0.6) is 0 Å². The summed E-state index contributed by atoms with van der Waals surface area (Å²) in [4.78, 5) is 17.1. The molecule has 28 heavy (non-hydrogen) atoms. The fraction of sp³-hybridized carbons (Fsp3) is 0.545. The van der Waals surface area contributed by atoms with Gasteiger partial charge in [0.25, 0.3) is 0 Å². The summed E-state index contributed by atoms with van der Waals surface area (Å²) in [5, 5.41) is 4.21. The van der Waals surface area contributed by atoms with Gasteiger partial charge in [-0.2, -0.15) is 0 Å². The fourth-order valence-corrected chi connectivity index (χ4v) is 4.37. The third-order valence-corrected chi connectivity index (χ3v) is 5.91. The Morgan fingerprint density at radius 2 is 2.18 bits per heavy atom. The van der Waals surface area contributed by atoms with E-state index in [0.29, 0.717) is 17.5 Å². The minimum Gasteiger partial charge on any atom is -0.381 e. The lowest BCUT2D eigenvalue weighted by Gasteiger charge is -2.37. The molecule has 0 radical (unpaired) electrons. The van der Waals surface area contributed by atoms with Crippen molar-refractivity contribution in [3.63, 3.8) is 0 Å². The number of pyridine rings is 1. The molecule has 6 heteroatoms. The third kappa shape index (κ3) is 4.02. The lowest BCUT2D eigenvalue weighted by atomic mass is 9.70. The first-order valence-corrected chi connectivity index (χ1v) is 9.98. The number of ether oxygens (including phenoxy) is 1. The van der Waals surface area contributed by atoms with Crippen LogP contribution in [0.2, 0.25) is 0 Å². The molecule has 4 rings (SSSR count). The molecule has 2 aliphatic rings. The third-order valence-electron chi connectivity index (χ3n) is 5.91. The number of halogens is 2. The Balaban J connectivity index is 1.64.